The van der Waals surface area contributed by atoms with Crippen LogP contribution in [0.5, 0.6) is 5.95 Å². The molecule has 0 bridgehead atoms. The van der Waals surface area contributed by atoms with E-state index in [1.54, 1.807) is 30.5 Å². The summed E-state index contributed by atoms with van der Waals surface area (Å²) < 4.78 is 19.0. The standard InChI is InChI=1S/C18H11FN2O2/c19-14-7-3-1-6-13(14)17-21-16(18(22)23-17)9-11-10-20-15-8-4-2-5-12(11)15/h1-10,22H/b11-9-. The summed E-state index contributed by atoms with van der Waals surface area (Å²) in [5.74, 6) is -0.773. The van der Waals surface area contributed by atoms with Crippen LogP contribution in [0, 0.1) is 5.82 Å². The molecule has 0 saturated heterocycles. The number of fused-ring (bicyclic) bond motifs is 1. The Morgan fingerprint density at radius 2 is 1.74 bits per heavy atom. The third-order valence-electron chi connectivity index (χ3n) is 3.59. The molecule has 0 unspecified atom stereocenters. The normalized spacial score (nSPS) is 14.4. The Bertz CT molecular complexity index is 957. The molecule has 112 valence electrons. The van der Waals surface area contributed by atoms with Gasteiger partial charge in [0.2, 0.25) is 5.89 Å². The van der Waals surface area contributed by atoms with Crippen molar-refractivity contribution in [2.45, 2.75) is 0 Å². The Kier molecular flexibility index (Phi) is 3.05. The van der Waals surface area contributed by atoms with Crippen molar-refractivity contribution in [1.82, 2.24) is 4.98 Å². The molecule has 0 amide bonds. The summed E-state index contributed by atoms with van der Waals surface area (Å²) in [6.07, 6.45) is 3.36. The second-order valence-corrected chi connectivity index (χ2v) is 5.06. The maximum absolute atomic E-state index is 13.8. The monoisotopic (exact) mass is 306 g/mol. The third kappa shape index (κ3) is 2.32. The van der Waals surface area contributed by atoms with E-state index in [-0.39, 0.29) is 23.1 Å². The van der Waals surface area contributed by atoms with Crippen LogP contribution in [0.1, 0.15) is 11.3 Å². The average molecular weight is 306 g/mol. The Morgan fingerprint density at radius 1 is 1.00 bits per heavy atom. The van der Waals surface area contributed by atoms with Crippen molar-refractivity contribution in [2.75, 3.05) is 0 Å². The molecule has 2 heterocycles. The molecule has 0 saturated carbocycles. The summed E-state index contributed by atoms with van der Waals surface area (Å²) in [5.41, 5.74) is 3.05. The van der Waals surface area contributed by atoms with Crippen LogP contribution in [0.3, 0.4) is 0 Å². The molecule has 1 aromatic heterocycles. The number of oxazole rings is 1. The number of rotatable bonds is 2. The van der Waals surface area contributed by atoms with Gasteiger partial charge in [0.15, 0.2) is 0 Å². The lowest BCUT2D eigenvalue weighted by molar-refractivity contribution is 0.336. The van der Waals surface area contributed by atoms with Crippen molar-refractivity contribution in [3.63, 3.8) is 0 Å². The van der Waals surface area contributed by atoms with Crippen LogP contribution >= 0.6 is 0 Å². The first-order chi connectivity index (χ1) is 11.2. The summed E-state index contributed by atoms with van der Waals surface area (Å²) >= 11 is 0. The van der Waals surface area contributed by atoms with Crippen LogP contribution < -0.4 is 0 Å². The minimum Gasteiger partial charge on any atom is -0.479 e. The minimum atomic E-state index is -0.458. The van der Waals surface area contributed by atoms with Gasteiger partial charge in [0, 0.05) is 17.4 Å². The average Bonchev–Trinajstić information content (AvgIpc) is 3.13. The van der Waals surface area contributed by atoms with Gasteiger partial charge in [-0.1, -0.05) is 30.3 Å². The van der Waals surface area contributed by atoms with Gasteiger partial charge in [-0.3, -0.25) is 4.99 Å². The Labute approximate surface area is 131 Å². The van der Waals surface area contributed by atoms with Gasteiger partial charge in [-0.2, -0.15) is 0 Å². The number of benzene rings is 2. The molecule has 0 spiro atoms. The van der Waals surface area contributed by atoms with Crippen LogP contribution in [0.25, 0.3) is 23.1 Å². The van der Waals surface area contributed by atoms with E-state index in [9.17, 15) is 9.50 Å². The molecular formula is C18H11FN2O2. The maximum atomic E-state index is 13.8. The second kappa shape index (κ2) is 5.21. The summed E-state index contributed by atoms with van der Waals surface area (Å²) in [5, 5.41) is 9.95. The third-order valence-corrected chi connectivity index (χ3v) is 3.59. The molecule has 4 rings (SSSR count). The maximum Gasteiger partial charge on any atom is 0.310 e. The number of para-hydroxylation sites is 1. The van der Waals surface area contributed by atoms with E-state index < -0.39 is 5.82 Å². The van der Waals surface area contributed by atoms with E-state index in [4.69, 9.17) is 4.42 Å². The zero-order valence-corrected chi connectivity index (χ0v) is 11.9. The minimum absolute atomic E-state index is 0.0377. The molecule has 2 aromatic carbocycles. The molecule has 0 radical (unpaired) electrons. The zero-order chi connectivity index (χ0) is 15.8. The highest BCUT2D eigenvalue weighted by Crippen LogP contribution is 2.35. The van der Waals surface area contributed by atoms with Gasteiger partial charge in [-0.05, 0) is 24.3 Å². The number of aromatic hydroxyl groups is 1. The van der Waals surface area contributed by atoms with E-state index in [2.05, 4.69) is 9.98 Å². The highest BCUT2D eigenvalue weighted by molar-refractivity contribution is 6.21. The Balaban J connectivity index is 1.77. The molecule has 0 aliphatic carbocycles. The van der Waals surface area contributed by atoms with Gasteiger partial charge >= 0.3 is 5.95 Å². The van der Waals surface area contributed by atoms with Crippen LogP contribution in [0.4, 0.5) is 10.1 Å². The first-order valence-corrected chi connectivity index (χ1v) is 7.02. The van der Waals surface area contributed by atoms with Crippen LogP contribution in [-0.4, -0.2) is 16.3 Å². The van der Waals surface area contributed by atoms with Crippen molar-refractivity contribution < 1.29 is 13.9 Å². The van der Waals surface area contributed by atoms with Gasteiger partial charge in [0.25, 0.3) is 0 Å². The smallest absolute Gasteiger partial charge is 0.310 e. The predicted octanol–water partition coefficient (Wildman–Crippen LogP) is 4.44. The fraction of sp³-hybridized carbons (Fsp3) is 0. The second-order valence-electron chi connectivity index (χ2n) is 5.06. The quantitative estimate of drug-likeness (QED) is 0.761. The Hall–Kier alpha value is -3.21. The highest BCUT2D eigenvalue weighted by atomic mass is 19.1. The molecule has 1 aliphatic heterocycles. The SMILES string of the molecule is Oc1oc(-c2ccccc2F)nc1/C=C1/C=Nc2ccccc21. The zero-order valence-electron chi connectivity index (χ0n) is 11.9. The van der Waals surface area contributed by atoms with Crippen molar-refractivity contribution in [2.24, 2.45) is 4.99 Å². The van der Waals surface area contributed by atoms with Gasteiger partial charge in [-0.25, -0.2) is 9.37 Å². The van der Waals surface area contributed by atoms with Crippen LogP contribution in [0.2, 0.25) is 0 Å². The highest BCUT2D eigenvalue weighted by Gasteiger charge is 2.17. The van der Waals surface area contributed by atoms with Crippen molar-refractivity contribution in [1.29, 1.82) is 0 Å². The van der Waals surface area contributed by atoms with Crippen LogP contribution in [-0.2, 0) is 0 Å². The van der Waals surface area contributed by atoms with Crippen molar-refractivity contribution in [3.05, 3.63) is 65.6 Å². The molecule has 5 heteroatoms. The fourth-order valence-corrected chi connectivity index (χ4v) is 2.47. The van der Waals surface area contributed by atoms with E-state index >= 15 is 0 Å². The fourth-order valence-electron chi connectivity index (χ4n) is 2.47. The lowest BCUT2D eigenvalue weighted by atomic mass is 10.1. The number of halogens is 1. The molecule has 4 nitrogen and oxygen atoms in total. The first-order valence-electron chi connectivity index (χ1n) is 7.02. The van der Waals surface area contributed by atoms with Gasteiger partial charge in [0.05, 0.1) is 11.3 Å². The van der Waals surface area contributed by atoms with E-state index in [1.807, 2.05) is 24.3 Å². The van der Waals surface area contributed by atoms with E-state index in [0.29, 0.717) is 0 Å². The number of aliphatic imine (C=N–C) groups is 1. The summed E-state index contributed by atoms with van der Waals surface area (Å²) in [7, 11) is 0. The lowest BCUT2D eigenvalue weighted by Gasteiger charge is -1.97. The topological polar surface area (TPSA) is 58.6 Å². The number of hydrogen-bond acceptors (Lipinski definition) is 4. The number of hydrogen-bond donors (Lipinski definition) is 1. The van der Waals surface area contributed by atoms with E-state index in [1.165, 1.54) is 6.07 Å². The lowest BCUT2D eigenvalue weighted by Crippen LogP contribution is -1.84. The number of allylic oxidation sites excluding steroid dienone is 1. The summed E-state index contributed by atoms with van der Waals surface area (Å²) in [6, 6.07) is 13.8. The molecule has 0 fully saturated rings. The van der Waals surface area contributed by atoms with Crippen molar-refractivity contribution >= 4 is 23.6 Å². The van der Waals surface area contributed by atoms with Gasteiger partial charge in [-0.15, -0.1) is 0 Å². The molecular weight excluding hydrogens is 295 g/mol. The molecule has 0 atom stereocenters. The van der Waals surface area contributed by atoms with Crippen LogP contribution in [0.15, 0.2) is 57.9 Å². The predicted molar refractivity (Wildman–Crippen MR) is 86.0 cm³/mol. The summed E-state index contributed by atoms with van der Waals surface area (Å²) in [6.45, 7) is 0. The first kappa shape index (κ1) is 13.5. The molecule has 23 heavy (non-hydrogen) atoms. The Morgan fingerprint density at radius 3 is 2.57 bits per heavy atom. The largest absolute Gasteiger partial charge is 0.479 e. The van der Waals surface area contributed by atoms with Gasteiger partial charge in [0.1, 0.15) is 11.5 Å². The van der Waals surface area contributed by atoms with Gasteiger partial charge < -0.3 is 9.52 Å². The van der Waals surface area contributed by atoms with E-state index in [0.717, 1.165) is 16.8 Å². The molecule has 3 aromatic rings. The molecule has 1 N–H and O–H groups in total. The number of aromatic nitrogens is 1. The molecule has 1 aliphatic rings. The summed E-state index contributed by atoms with van der Waals surface area (Å²) in [4.78, 5) is 8.47. The van der Waals surface area contributed by atoms with Crippen molar-refractivity contribution in [3.8, 4) is 17.4 Å². The number of nitrogens with zero attached hydrogens (tertiary/aromatic N) is 2.